The van der Waals surface area contributed by atoms with Gasteiger partial charge in [0.1, 0.15) is 12.1 Å². The molecule has 144 valence electrons. The molecule has 0 spiro atoms. The van der Waals surface area contributed by atoms with Crippen LogP contribution in [0.3, 0.4) is 0 Å². The molecule has 0 aliphatic heterocycles. The first kappa shape index (κ1) is 19.4. The van der Waals surface area contributed by atoms with Gasteiger partial charge in [0, 0.05) is 24.4 Å². The van der Waals surface area contributed by atoms with Gasteiger partial charge < -0.3 is 10.1 Å². The second-order valence-corrected chi connectivity index (χ2v) is 6.73. The summed E-state index contributed by atoms with van der Waals surface area (Å²) >= 11 is 1.44. The Hall–Kier alpha value is -3.40. The van der Waals surface area contributed by atoms with E-state index in [2.05, 4.69) is 15.5 Å². The van der Waals surface area contributed by atoms with Crippen LogP contribution in [0, 0.1) is 10.1 Å². The van der Waals surface area contributed by atoms with Crippen LogP contribution in [0.2, 0.25) is 0 Å². The molecule has 0 saturated heterocycles. The van der Waals surface area contributed by atoms with Crippen LogP contribution in [0.1, 0.15) is 6.92 Å². The van der Waals surface area contributed by atoms with E-state index >= 15 is 0 Å². The Morgan fingerprint density at radius 2 is 2.11 bits per heavy atom. The van der Waals surface area contributed by atoms with Gasteiger partial charge in [-0.25, -0.2) is 0 Å². The number of nitrogens with zero attached hydrogens (tertiary/aromatic N) is 4. The third-order valence-electron chi connectivity index (χ3n) is 3.57. The number of carbonyl (C=O) groups is 1. The summed E-state index contributed by atoms with van der Waals surface area (Å²) in [5.41, 5.74) is 1.49. The molecule has 0 aliphatic rings. The number of anilines is 1. The average molecular weight is 399 g/mol. The summed E-state index contributed by atoms with van der Waals surface area (Å²) in [5.74, 6) is 0.875. The van der Waals surface area contributed by atoms with Gasteiger partial charge in [0.25, 0.3) is 5.69 Å². The smallest absolute Gasteiger partial charge is 0.273 e. The minimum absolute atomic E-state index is 0.0102. The summed E-state index contributed by atoms with van der Waals surface area (Å²) in [6, 6.07) is 13.4. The number of nitrogens with one attached hydrogen (secondary N) is 1. The highest BCUT2D eigenvalue weighted by Crippen LogP contribution is 2.23. The summed E-state index contributed by atoms with van der Waals surface area (Å²) < 4.78 is 7.38. The van der Waals surface area contributed by atoms with Crippen LogP contribution >= 0.6 is 11.8 Å². The molecule has 1 amide bonds. The molecule has 0 bridgehead atoms. The maximum atomic E-state index is 11.2. The summed E-state index contributed by atoms with van der Waals surface area (Å²) in [4.78, 5) is 21.6. The fraction of sp³-hybridized carbons (Fsp3) is 0.167. The molecule has 0 aliphatic carbocycles. The minimum atomic E-state index is -0.459. The fourth-order valence-electron chi connectivity index (χ4n) is 2.42. The topological polar surface area (TPSA) is 112 Å². The minimum Gasteiger partial charge on any atom is -0.492 e. The van der Waals surface area contributed by atoms with Crippen molar-refractivity contribution in [2.45, 2.75) is 12.1 Å². The number of hydrogen-bond acceptors (Lipinski definition) is 7. The second kappa shape index (κ2) is 9.00. The van der Waals surface area contributed by atoms with Crippen molar-refractivity contribution in [2.24, 2.45) is 0 Å². The normalized spacial score (nSPS) is 10.5. The molecule has 0 saturated carbocycles. The Kier molecular flexibility index (Phi) is 6.22. The fourth-order valence-corrected chi connectivity index (χ4v) is 3.16. The monoisotopic (exact) mass is 399 g/mol. The number of ether oxygens (including phenoxy) is 1. The summed E-state index contributed by atoms with van der Waals surface area (Å²) in [6.07, 6.45) is 1.59. The number of amides is 1. The van der Waals surface area contributed by atoms with E-state index in [9.17, 15) is 14.9 Å². The second-order valence-electron chi connectivity index (χ2n) is 5.67. The van der Waals surface area contributed by atoms with E-state index in [0.29, 0.717) is 29.0 Å². The Morgan fingerprint density at radius 3 is 2.89 bits per heavy atom. The predicted molar refractivity (Wildman–Crippen MR) is 105 cm³/mol. The van der Waals surface area contributed by atoms with E-state index in [1.165, 1.54) is 30.8 Å². The van der Waals surface area contributed by atoms with Crippen molar-refractivity contribution in [3.05, 3.63) is 65.0 Å². The van der Waals surface area contributed by atoms with Crippen LogP contribution in [0.15, 0.2) is 60.0 Å². The van der Waals surface area contributed by atoms with Crippen molar-refractivity contribution in [1.29, 1.82) is 0 Å². The summed E-state index contributed by atoms with van der Waals surface area (Å²) in [5, 5.41) is 22.3. The third-order valence-corrected chi connectivity index (χ3v) is 4.48. The van der Waals surface area contributed by atoms with Gasteiger partial charge in [0.05, 0.1) is 23.3 Å². The Balaban J connectivity index is 1.60. The molecule has 2 aromatic carbocycles. The van der Waals surface area contributed by atoms with Crippen molar-refractivity contribution in [3.63, 3.8) is 0 Å². The molecule has 28 heavy (non-hydrogen) atoms. The molecule has 9 nitrogen and oxygen atoms in total. The van der Waals surface area contributed by atoms with Gasteiger partial charge >= 0.3 is 0 Å². The van der Waals surface area contributed by atoms with E-state index in [1.807, 2.05) is 22.8 Å². The molecule has 0 fully saturated rings. The first-order chi connectivity index (χ1) is 13.5. The lowest BCUT2D eigenvalue weighted by Gasteiger charge is -2.09. The highest BCUT2D eigenvalue weighted by molar-refractivity contribution is 7.99. The quantitative estimate of drug-likeness (QED) is 0.268. The van der Waals surface area contributed by atoms with Crippen LogP contribution in [0.4, 0.5) is 11.4 Å². The van der Waals surface area contributed by atoms with Crippen molar-refractivity contribution in [1.82, 2.24) is 14.8 Å². The molecule has 0 atom stereocenters. The third kappa shape index (κ3) is 5.07. The van der Waals surface area contributed by atoms with Gasteiger partial charge in [0.2, 0.25) is 5.91 Å². The number of carbonyl (C=O) groups excluding carboxylic acids is 1. The number of nitro groups is 1. The van der Waals surface area contributed by atoms with Crippen molar-refractivity contribution in [2.75, 3.05) is 17.7 Å². The first-order valence-corrected chi connectivity index (χ1v) is 9.29. The van der Waals surface area contributed by atoms with Crippen molar-refractivity contribution < 1.29 is 14.5 Å². The standard InChI is InChI=1S/C18H17N5O4S/c1-13(24)20-14-4-2-5-15(10-14)22-12-19-21-18(22)28-9-8-27-17-7-3-6-16(11-17)23(25)26/h2-7,10-12H,8-9H2,1H3,(H,20,24). The van der Waals surface area contributed by atoms with Crippen molar-refractivity contribution >= 4 is 29.0 Å². The zero-order valence-corrected chi connectivity index (χ0v) is 15.8. The van der Waals surface area contributed by atoms with Gasteiger partial charge in [-0.3, -0.25) is 19.5 Å². The van der Waals surface area contributed by atoms with Crippen LogP contribution in [0.25, 0.3) is 5.69 Å². The molecule has 10 heteroatoms. The van der Waals surface area contributed by atoms with E-state index in [0.717, 1.165) is 5.69 Å². The lowest BCUT2D eigenvalue weighted by atomic mass is 10.2. The lowest BCUT2D eigenvalue weighted by Crippen LogP contribution is -2.06. The largest absolute Gasteiger partial charge is 0.492 e. The lowest BCUT2D eigenvalue weighted by molar-refractivity contribution is -0.384. The Morgan fingerprint density at radius 1 is 1.29 bits per heavy atom. The Labute approximate surface area is 164 Å². The highest BCUT2D eigenvalue weighted by Gasteiger charge is 2.09. The molecule has 1 heterocycles. The van der Waals surface area contributed by atoms with E-state index in [-0.39, 0.29) is 11.6 Å². The van der Waals surface area contributed by atoms with Gasteiger partial charge in [0.15, 0.2) is 5.16 Å². The molecule has 3 rings (SSSR count). The van der Waals surface area contributed by atoms with Crippen LogP contribution < -0.4 is 10.1 Å². The summed E-state index contributed by atoms with van der Waals surface area (Å²) in [6.45, 7) is 1.80. The van der Waals surface area contributed by atoms with Gasteiger partial charge in [-0.2, -0.15) is 0 Å². The predicted octanol–water partition coefficient (Wildman–Crippen LogP) is 3.31. The maximum Gasteiger partial charge on any atom is 0.273 e. The molecule has 1 aromatic heterocycles. The van der Waals surface area contributed by atoms with E-state index in [4.69, 9.17) is 4.74 Å². The number of thioether (sulfide) groups is 1. The van der Waals surface area contributed by atoms with Gasteiger partial charge in [-0.15, -0.1) is 10.2 Å². The van der Waals surface area contributed by atoms with E-state index in [1.54, 1.807) is 24.5 Å². The molecule has 0 radical (unpaired) electrons. The number of non-ortho nitro benzene ring substituents is 1. The number of benzene rings is 2. The Bertz CT molecular complexity index is 991. The first-order valence-electron chi connectivity index (χ1n) is 8.31. The molecular weight excluding hydrogens is 382 g/mol. The van der Waals surface area contributed by atoms with E-state index < -0.39 is 4.92 Å². The molecular formula is C18H17N5O4S. The highest BCUT2D eigenvalue weighted by atomic mass is 32.2. The van der Waals surface area contributed by atoms with Crippen LogP contribution in [-0.4, -0.2) is 38.0 Å². The van der Waals surface area contributed by atoms with Crippen molar-refractivity contribution in [3.8, 4) is 11.4 Å². The number of rotatable bonds is 8. The maximum absolute atomic E-state index is 11.2. The molecule has 3 aromatic rings. The number of aromatic nitrogens is 3. The average Bonchev–Trinajstić information content (AvgIpc) is 3.14. The number of nitro benzene ring substituents is 1. The zero-order chi connectivity index (χ0) is 19.9. The van der Waals surface area contributed by atoms with Gasteiger partial charge in [-0.1, -0.05) is 23.9 Å². The molecule has 0 unspecified atom stereocenters. The van der Waals surface area contributed by atoms with Crippen LogP contribution in [-0.2, 0) is 4.79 Å². The van der Waals surface area contributed by atoms with Crippen LogP contribution in [0.5, 0.6) is 5.75 Å². The number of hydrogen-bond donors (Lipinski definition) is 1. The summed E-state index contributed by atoms with van der Waals surface area (Å²) in [7, 11) is 0. The van der Waals surface area contributed by atoms with Gasteiger partial charge in [-0.05, 0) is 24.3 Å². The SMILES string of the molecule is CC(=O)Nc1cccc(-n2cnnc2SCCOc2cccc([N+](=O)[O-])c2)c1. The molecule has 1 N–H and O–H groups in total. The zero-order valence-electron chi connectivity index (χ0n) is 14.9.